The fourth-order valence-electron chi connectivity index (χ4n) is 1.38. The van der Waals surface area contributed by atoms with Crippen molar-refractivity contribution in [1.82, 2.24) is 0 Å². The molecule has 86 valence electrons. The van der Waals surface area contributed by atoms with Gasteiger partial charge < -0.3 is 10.6 Å². The summed E-state index contributed by atoms with van der Waals surface area (Å²) in [4.78, 5) is 24.3. The van der Waals surface area contributed by atoms with Crippen LogP contribution in [0.25, 0.3) is 0 Å². The van der Waals surface area contributed by atoms with Crippen molar-refractivity contribution in [1.29, 1.82) is 0 Å². The minimum Gasteiger partial charge on any atom is -0.366 e. The molecule has 0 aliphatic heterocycles. The minimum atomic E-state index is -0.493. The summed E-state index contributed by atoms with van der Waals surface area (Å²) in [7, 11) is 1.68. The second-order valence-electron chi connectivity index (χ2n) is 3.97. The van der Waals surface area contributed by atoms with Crippen LogP contribution in [0.5, 0.6) is 0 Å². The number of nitrogens with two attached hydrogens (primary N) is 1. The number of nitrogens with zero attached hydrogens (tertiary/aromatic N) is 1. The molecule has 0 unspecified atom stereocenters. The topological polar surface area (TPSA) is 63.4 Å². The maximum atomic E-state index is 11.7. The molecule has 0 radical (unpaired) electrons. The van der Waals surface area contributed by atoms with E-state index < -0.39 is 5.91 Å². The number of carbonyl (C=O) groups excluding carboxylic acids is 2. The number of hydrogen-bond donors (Lipinski definition) is 1. The molecular formula is C12H16N2O2. The van der Waals surface area contributed by atoms with Gasteiger partial charge in [0, 0.05) is 24.2 Å². The smallest absolute Gasteiger partial charge is 0.248 e. The summed E-state index contributed by atoms with van der Waals surface area (Å²) in [6, 6.07) is 6.72. The van der Waals surface area contributed by atoms with E-state index in [0.717, 1.165) is 0 Å². The van der Waals surface area contributed by atoms with Gasteiger partial charge in [-0.3, -0.25) is 9.59 Å². The van der Waals surface area contributed by atoms with Crippen molar-refractivity contribution in [3.8, 4) is 0 Å². The monoisotopic (exact) mass is 220 g/mol. The normalized spacial score (nSPS) is 10.2. The number of primary amides is 1. The highest BCUT2D eigenvalue weighted by Crippen LogP contribution is 2.16. The molecule has 1 rings (SSSR count). The zero-order valence-electron chi connectivity index (χ0n) is 9.73. The Kier molecular flexibility index (Phi) is 3.66. The molecule has 0 aliphatic carbocycles. The third-order valence-electron chi connectivity index (χ3n) is 2.34. The lowest BCUT2D eigenvalue weighted by Gasteiger charge is -2.19. The zero-order chi connectivity index (χ0) is 12.3. The molecule has 1 aromatic rings. The van der Waals surface area contributed by atoms with Crippen LogP contribution in [0.2, 0.25) is 0 Å². The van der Waals surface area contributed by atoms with Crippen molar-refractivity contribution in [2.75, 3.05) is 11.9 Å². The van der Waals surface area contributed by atoms with E-state index in [-0.39, 0.29) is 11.8 Å². The average Bonchev–Trinajstić information content (AvgIpc) is 2.27. The molecule has 0 aromatic heterocycles. The van der Waals surface area contributed by atoms with Crippen LogP contribution in [0.4, 0.5) is 5.69 Å². The van der Waals surface area contributed by atoms with E-state index in [1.807, 2.05) is 13.8 Å². The molecule has 16 heavy (non-hydrogen) atoms. The van der Waals surface area contributed by atoms with Crippen LogP contribution in [0.15, 0.2) is 24.3 Å². The van der Waals surface area contributed by atoms with Crippen LogP contribution < -0.4 is 10.6 Å². The second kappa shape index (κ2) is 4.79. The van der Waals surface area contributed by atoms with Crippen LogP contribution in [-0.2, 0) is 4.79 Å². The van der Waals surface area contributed by atoms with Crippen molar-refractivity contribution in [3.63, 3.8) is 0 Å². The van der Waals surface area contributed by atoms with E-state index in [1.54, 1.807) is 31.3 Å². The Balaban J connectivity index is 3.00. The Morgan fingerprint density at radius 1 is 1.31 bits per heavy atom. The SMILES string of the molecule is CC(C)C(=O)N(C)c1cccc(C(N)=O)c1. The molecule has 0 bridgehead atoms. The molecule has 4 heteroatoms. The van der Waals surface area contributed by atoms with E-state index in [1.165, 1.54) is 4.90 Å². The third-order valence-corrected chi connectivity index (χ3v) is 2.34. The molecule has 0 aliphatic rings. The molecule has 2 amide bonds. The summed E-state index contributed by atoms with van der Waals surface area (Å²) in [5.41, 5.74) is 6.26. The fourth-order valence-corrected chi connectivity index (χ4v) is 1.38. The lowest BCUT2D eigenvalue weighted by Crippen LogP contribution is -2.30. The van der Waals surface area contributed by atoms with Crippen molar-refractivity contribution in [2.24, 2.45) is 11.7 Å². The average molecular weight is 220 g/mol. The van der Waals surface area contributed by atoms with Crippen molar-refractivity contribution in [2.45, 2.75) is 13.8 Å². The molecule has 1 aromatic carbocycles. The van der Waals surface area contributed by atoms with Gasteiger partial charge in [-0.25, -0.2) is 0 Å². The van der Waals surface area contributed by atoms with Crippen molar-refractivity contribution >= 4 is 17.5 Å². The Bertz CT molecular complexity index is 413. The summed E-state index contributed by atoms with van der Waals surface area (Å²) in [6.07, 6.45) is 0. The van der Waals surface area contributed by atoms with Gasteiger partial charge in [0.15, 0.2) is 0 Å². The lowest BCUT2D eigenvalue weighted by molar-refractivity contribution is -0.121. The highest BCUT2D eigenvalue weighted by molar-refractivity contribution is 5.97. The standard InChI is InChI=1S/C12H16N2O2/c1-8(2)12(16)14(3)10-6-4-5-9(7-10)11(13)15/h4-8H,1-3H3,(H2,13,15). The van der Waals surface area contributed by atoms with Crippen molar-refractivity contribution in [3.05, 3.63) is 29.8 Å². The van der Waals surface area contributed by atoms with Gasteiger partial charge in [-0.1, -0.05) is 19.9 Å². The molecule has 0 spiro atoms. The van der Waals surface area contributed by atoms with Gasteiger partial charge in [-0.15, -0.1) is 0 Å². The Hall–Kier alpha value is -1.84. The fraction of sp³-hybridized carbons (Fsp3) is 0.333. The van der Waals surface area contributed by atoms with E-state index in [9.17, 15) is 9.59 Å². The van der Waals surface area contributed by atoms with Gasteiger partial charge >= 0.3 is 0 Å². The maximum Gasteiger partial charge on any atom is 0.248 e. The van der Waals surface area contributed by atoms with Crippen molar-refractivity contribution < 1.29 is 9.59 Å². The number of rotatable bonds is 3. The summed E-state index contributed by atoms with van der Waals surface area (Å²) in [6.45, 7) is 3.66. The molecule has 0 fully saturated rings. The second-order valence-corrected chi connectivity index (χ2v) is 3.97. The van der Waals surface area contributed by atoms with Gasteiger partial charge in [-0.05, 0) is 18.2 Å². The first-order chi connectivity index (χ1) is 7.43. The molecule has 2 N–H and O–H groups in total. The molecule has 0 saturated heterocycles. The highest BCUT2D eigenvalue weighted by atomic mass is 16.2. The zero-order valence-corrected chi connectivity index (χ0v) is 9.73. The number of hydrogen-bond acceptors (Lipinski definition) is 2. The van der Waals surface area contributed by atoms with E-state index >= 15 is 0 Å². The number of anilines is 1. The van der Waals surface area contributed by atoms with Crippen LogP contribution >= 0.6 is 0 Å². The van der Waals surface area contributed by atoms with Gasteiger partial charge in [-0.2, -0.15) is 0 Å². The van der Waals surface area contributed by atoms with Crippen LogP contribution in [-0.4, -0.2) is 18.9 Å². The third kappa shape index (κ3) is 2.59. The Morgan fingerprint density at radius 2 is 1.94 bits per heavy atom. The minimum absolute atomic E-state index is 0.00150. The largest absolute Gasteiger partial charge is 0.366 e. The molecule has 0 heterocycles. The number of amides is 2. The van der Waals surface area contributed by atoms with Crippen LogP contribution in [0.3, 0.4) is 0 Å². The summed E-state index contributed by atoms with van der Waals surface area (Å²) in [5, 5.41) is 0. The van der Waals surface area contributed by atoms with Gasteiger partial charge in [0.25, 0.3) is 0 Å². The highest BCUT2D eigenvalue weighted by Gasteiger charge is 2.15. The predicted molar refractivity (Wildman–Crippen MR) is 63.2 cm³/mol. The lowest BCUT2D eigenvalue weighted by atomic mass is 10.1. The molecule has 0 atom stereocenters. The Labute approximate surface area is 95.0 Å². The van der Waals surface area contributed by atoms with Gasteiger partial charge in [0.2, 0.25) is 11.8 Å². The first-order valence-corrected chi connectivity index (χ1v) is 5.11. The summed E-state index contributed by atoms with van der Waals surface area (Å²) < 4.78 is 0. The first-order valence-electron chi connectivity index (χ1n) is 5.11. The predicted octanol–water partition coefficient (Wildman–Crippen LogP) is 1.40. The maximum absolute atomic E-state index is 11.7. The first kappa shape index (κ1) is 12.2. The summed E-state index contributed by atoms with van der Waals surface area (Å²) in [5.74, 6) is -0.573. The van der Waals surface area contributed by atoms with Crippen LogP contribution in [0.1, 0.15) is 24.2 Å². The summed E-state index contributed by atoms with van der Waals surface area (Å²) >= 11 is 0. The van der Waals surface area contributed by atoms with Crippen LogP contribution in [0, 0.1) is 5.92 Å². The van der Waals surface area contributed by atoms with Gasteiger partial charge in [0.05, 0.1) is 0 Å². The van der Waals surface area contributed by atoms with E-state index in [2.05, 4.69) is 0 Å². The molecule has 4 nitrogen and oxygen atoms in total. The van der Waals surface area contributed by atoms with E-state index in [0.29, 0.717) is 11.3 Å². The molecular weight excluding hydrogens is 204 g/mol. The molecule has 0 saturated carbocycles. The van der Waals surface area contributed by atoms with Gasteiger partial charge in [0.1, 0.15) is 0 Å². The van der Waals surface area contributed by atoms with E-state index in [4.69, 9.17) is 5.73 Å². The quantitative estimate of drug-likeness (QED) is 0.837. The number of carbonyl (C=O) groups is 2. The Morgan fingerprint density at radius 3 is 2.44 bits per heavy atom. The number of benzene rings is 1.